The summed E-state index contributed by atoms with van der Waals surface area (Å²) in [5.74, 6) is -0.767. The molecule has 2 amide bonds. The Morgan fingerprint density at radius 2 is 1.92 bits per heavy atom. The maximum absolute atomic E-state index is 12.6. The van der Waals surface area contributed by atoms with Gasteiger partial charge >= 0.3 is 0 Å². The van der Waals surface area contributed by atoms with Crippen molar-refractivity contribution in [3.05, 3.63) is 54.1 Å². The fraction of sp³-hybridized carbons (Fsp3) is 0.263. The Morgan fingerprint density at radius 3 is 2.65 bits per heavy atom. The van der Waals surface area contributed by atoms with E-state index in [0.717, 1.165) is 5.56 Å². The number of rotatable bonds is 3. The van der Waals surface area contributed by atoms with E-state index in [9.17, 15) is 18.0 Å². The van der Waals surface area contributed by atoms with Crippen molar-refractivity contribution in [2.45, 2.75) is 30.4 Å². The van der Waals surface area contributed by atoms with E-state index in [-0.39, 0.29) is 35.4 Å². The summed E-state index contributed by atoms with van der Waals surface area (Å²) in [6, 6.07) is 13.6. The molecule has 0 aliphatic carbocycles. The van der Waals surface area contributed by atoms with Crippen molar-refractivity contribution < 1.29 is 18.0 Å². The smallest absolute Gasteiger partial charge is 0.244 e. The number of sulfone groups is 1. The van der Waals surface area contributed by atoms with Crippen molar-refractivity contribution in [2.75, 3.05) is 16.8 Å². The second-order valence-corrected chi connectivity index (χ2v) is 8.76. The minimum Gasteiger partial charge on any atom is -0.325 e. The first-order valence-electron chi connectivity index (χ1n) is 8.29. The fourth-order valence-electron chi connectivity index (χ4n) is 2.98. The summed E-state index contributed by atoms with van der Waals surface area (Å²) in [6.45, 7) is 3.18. The summed E-state index contributed by atoms with van der Waals surface area (Å²) in [6.07, 6.45) is -0.158. The van der Waals surface area contributed by atoms with E-state index in [0.29, 0.717) is 5.69 Å². The van der Waals surface area contributed by atoms with Crippen LogP contribution in [0.3, 0.4) is 0 Å². The van der Waals surface area contributed by atoms with Gasteiger partial charge in [0.15, 0.2) is 9.84 Å². The van der Waals surface area contributed by atoms with Crippen molar-refractivity contribution in [1.29, 1.82) is 0 Å². The predicted molar refractivity (Wildman–Crippen MR) is 99.9 cm³/mol. The molecule has 26 heavy (non-hydrogen) atoms. The molecule has 6 nitrogen and oxygen atoms in total. The highest BCUT2D eigenvalue weighted by Crippen LogP contribution is 2.33. The Kier molecular flexibility index (Phi) is 4.82. The number of benzene rings is 2. The fourth-order valence-corrected chi connectivity index (χ4v) is 4.51. The molecule has 1 N–H and O–H groups in total. The van der Waals surface area contributed by atoms with E-state index in [2.05, 4.69) is 5.32 Å². The number of hydrogen-bond donors (Lipinski definition) is 1. The summed E-state index contributed by atoms with van der Waals surface area (Å²) in [7, 11) is -3.62. The molecule has 0 saturated heterocycles. The Labute approximate surface area is 152 Å². The van der Waals surface area contributed by atoms with Gasteiger partial charge in [-0.3, -0.25) is 9.59 Å². The van der Waals surface area contributed by atoms with Gasteiger partial charge in [0.05, 0.1) is 15.8 Å². The van der Waals surface area contributed by atoms with E-state index in [1.54, 1.807) is 24.3 Å². The van der Waals surface area contributed by atoms with Crippen molar-refractivity contribution in [1.82, 2.24) is 0 Å². The van der Waals surface area contributed by atoms with Crippen LogP contribution >= 0.6 is 0 Å². The zero-order chi connectivity index (χ0) is 18.9. The Bertz CT molecular complexity index is 969. The van der Waals surface area contributed by atoms with E-state index < -0.39 is 15.1 Å². The lowest BCUT2D eigenvalue weighted by molar-refractivity contribution is -0.121. The number of carbonyl (C=O) groups is 2. The van der Waals surface area contributed by atoms with Crippen molar-refractivity contribution >= 4 is 33.0 Å². The number of anilines is 2. The van der Waals surface area contributed by atoms with E-state index >= 15 is 0 Å². The third kappa shape index (κ3) is 3.48. The number of fused-ring (bicyclic) bond motifs is 1. The van der Waals surface area contributed by atoms with Gasteiger partial charge < -0.3 is 10.2 Å². The number of aryl methyl sites for hydroxylation is 1. The molecule has 0 fully saturated rings. The maximum atomic E-state index is 12.6. The average Bonchev–Trinajstić information content (AvgIpc) is 2.65. The largest absolute Gasteiger partial charge is 0.325 e. The number of hydrogen-bond acceptors (Lipinski definition) is 4. The summed E-state index contributed by atoms with van der Waals surface area (Å²) < 4.78 is 25.3. The normalized spacial score (nSPS) is 18.8. The second kappa shape index (κ2) is 6.92. The van der Waals surface area contributed by atoms with Crippen LogP contribution in [0, 0.1) is 6.92 Å². The lowest BCUT2D eigenvalue weighted by Crippen LogP contribution is -2.38. The average molecular weight is 372 g/mol. The predicted octanol–water partition coefficient (Wildman–Crippen LogP) is 2.53. The van der Waals surface area contributed by atoms with Crippen molar-refractivity contribution in [3.63, 3.8) is 0 Å². The highest BCUT2D eigenvalue weighted by atomic mass is 32.2. The Balaban J connectivity index is 1.91. The van der Waals surface area contributed by atoms with Gasteiger partial charge in [-0.05, 0) is 43.7 Å². The van der Waals surface area contributed by atoms with Gasteiger partial charge in [0, 0.05) is 12.1 Å². The van der Waals surface area contributed by atoms with Crippen LogP contribution < -0.4 is 10.2 Å². The topological polar surface area (TPSA) is 83.6 Å². The molecule has 0 bridgehead atoms. The monoisotopic (exact) mass is 372 g/mol. The molecule has 0 radical (unpaired) electrons. The van der Waals surface area contributed by atoms with E-state index in [4.69, 9.17) is 0 Å². The molecule has 7 heteroatoms. The van der Waals surface area contributed by atoms with Gasteiger partial charge in [-0.1, -0.05) is 24.3 Å². The standard InChI is InChI=1S/C19H20N2O4S/c1-13-6-5-7-15(10-13)20-18(22)12-21-16-8-3-4-9-17(16)26(24,25)14(2)11-19(21)23/h3-10,14H,11-12H2,1-2H3,(H,20,22)/t14-/m1/s1. The molecule has 3 rings (SSSR count). The Hall–Kier alpha value is -2.67. The Morgan fingerprint density at radius 1 is 1.19 bits per heavy atom. The number of carbonyl (C=O) groups excluding carboxylic acids is 2. The zero-order valence-corrected chi connectivity index (χ0v) is 15.4. The third-order valence-corrected chi connectivity index (χ3v) is 6.54. The molecule has 1 atom stereocenters. The maximum Gasteiger partial charge on any atom is 0.244 e. The van der Waals surface area contributed by atoms with Crippen LogP contribution in [0.1, 0.15) is 18.9 Å². The molecule has 1 heterocycles. The lowest BCUT2D eigenvalue weighted by atomic mass is 10.2. The van der Waals surface area contributed by atoms with Crippen LogP contribution in [0.5, 0.6) is 0 Å². The van der Waals surface area contributed by atoms with Crippen LogP contribution in [-0.4, -0.2) is 32.0 Å². The SMILES string of the molecule is Cc1cccc(NC(=O)CN2C(=O)C[C@@H](C)S(=O)(=O)c3ccccc32)c1. The first-order valence-corrected chi connectivity index (χ1v) is 9.83. The van der Waals surface area contributed by atoms with E-state index in [1.807, 2.05) is 25.1 Å². The van der Waals surface area contributed by atoms with Crippen molar-refractivity contribution in [2.24, 2.45) is 0 Å². The summed E-state index contributed by atoms with van der Waals surface area (Å²) >= 11 is 0. The van der Waals surface area contributed by atoms with Crippen LogP contribution in [0.25, 0.3) is 0 Å². The van der Waals surface area contributed by atoms with Crippen LogP contribution in [0.4, 0.5) is 11.4 Å². The lowest BCUT2D eigenvalue weighted by Gasteiger charge is -2.21. The van der Waals surface area contributed by atoms with Gasteiger partial charge in [-0.15, -0.1) is 0 Å². The minimum absolute atomic E-state index is 0.0849. The third-order valence-electron chi connectivity index (χ3n) is 4.36. The van der Waals surface area contributed by atoms with Gasteiger partial charge in [0.25, 0.3) is 0 Å². The van der Waals surface area contributed by atoms with E-state index in [1.165, 1.54) is 17.9 Å². The van der Waals surface area contributed by atoms with Gasteiger partial charge in [-0.2, -0.15) is 0 Å². The van der Waals surface area contributed by atoms with Crippen molar-refractivity contribution in [3.8, 4) is 0 Å². The molecule has 2 aromatic carbocycles. The number of nitrogens with zero attached hydrogens (tertiary/aromatic N) is 1. The van der Waals surface area contributed by atoms with Gasteiger partial charge in [-0.25, -0.2) is 8.42 Å². The minimum atomic E-state index is -3.62. The molecule has 1 aliphatic heterocycles. The molecular weight excluding hydrogens is 352 g/mol. The first kappa shape index (κ1) is 18.1. The summed E-state index contributed by atoms with van der Waals surface area (Å²) in [4.78, 5) is 26.4. The molecular formula is C19H20N2O4S. The number of nitrogens with one attached hydrogen (secondary N) is 1. The summed E-state index contributed by atoms with van der Waals surface area (Å²) in [5.41, 5.74) is 1.88. The number of amides is 2. The molecule has 0 unspecified atom stereocenters. The summed E-state index contributed by atoms with van der Waals surface area (Å²) in [5, 5.41) is 1.92. The molecule has 0 aromatic heterocycles. The van der Waals surface area contributed by atoms with Gasteiger partial charge in [0.2, 0.25) is 11.8 Å². The second-order valence-electron chi connectivity index (χ2n) is 6.43. The highest BCUT2D eigenvalue weighted by molar-refractivity contribution is 7.92. The number of para-hydroxylation sites is 1. The molecule has 1 aliphatic rings. The van der Waals surface area contributed by atoms with Crippen LogP contribution in [-0.2, 0) is 19.4 Å². The highest BCUT2D eigenvalue weighted by Gasteiger charge is 2.36. The van der Waals surface area contributed by atoms with Crippen LogP contribution in [0.15, 0.2) is 53.4 Å². The molecule has 0 saturated carbocycles. The first-order chi connectivity index (χ1) is 12.3. The molecule has 0 spiro atoms. The quantitative estimate of drug-likeness (QED) is 0.897. The molecule has 136 valence electrons. The van der Waals surface area contributed by atoms with Crippen LogP contribution in [0.2, 0.25) is 0 Å². The zero-order valence-electron chi connectivity index (χ0n) is 14.6. The molecule has 2 aromatic rings. The van der Waals surface area contributed by atoms with Gasteiger partial charge in [0.1, 0.15) is 6.54 Å².